The van der Waals surface area contributed by atoms with Gasteiger partial charge in [0.05, 0.1) is 11.9 Å². The molecule has 0 radical (unpaired) electrons. The van der Waals surface area contributed by atoms with Gasteiger partial charge in [-0.1, -0.05) is 25.7 Å². The van der Waals surface area contributed by atoms with E-state index in [1.165, 1.54) is 29.6 Å². The highest BCUT2D eigenvalue weighted by atomic mass is 32.2. The minimum atomic E-state index is -3.46. The van der Waals surface area contributed by atoms with Gasteiger partial charge < -0.3 is 10.2 Å². The number of nitrogens with zero attached hydrogens (tertiary/aromatic N) is 2. The molecule has 1 amide bonds. The van der Waals surface area contributed by atoms with Crippen molar-refractivity contribution in [2.45, 2.75) is 63.5 Å². The maximum Gasteiger partial charge on any atom is 0.242 e. The lowest BCUT2D eigenvalue weighted by Gasteiger charge is -2.33. The van der Waals surface area contributed by atoms with Crippen LogP contribution in [-0.2, 0) is 14.8 Å². The molecule has 0 aromatic heterocycles. The summed E-state index contributed by atoms with van der Waals surface area (Å²) in [6, 6.07) is 4.30. The first-order valence-corrected chi connectivity index (χ1v) is 11.9. The van der Waals surface area contributed by atoms with Crippen LogP contribution in [-0.4, -0.2) is 50.6 Å². The molecular weight excluding hydrogens is 381 g/mol. The summed E-state index contributed by atoms with van der Waals surface area (Å²) in [5, 5.41) is 2.70. The van der Waals surface area contributed by atoms with Crippen molar-refractivity contribution in [2.24, 2.45) is 0 Å². The van der Waals surface area contributed by atoms with Gasteiger partial charge in [0.2, 0.25) is 15.9 Å². The largest absolute Gasteiger partial charge is 0.369 e. The number of carbonyl (C=O) groups is 1. The number of hydrogen-bond donors (Lipinski definition) is 1. The minimum Gasteiger partial charge on any atom is -0.369 e. The van der Waals surface area contributed by atoms with Gasteiger partial charge in [-0.15, -0.1) is 0 Å². The number of hydrogen-bond acceptors (Lipinski definition) is 4. The fraction of sp³-hybridized carbons (Fsp3) is 0.650. The van der Waals surface area contributed by atoms with E-state index in [1.54, 1.807) is 12.1 Å². The van der Waals surface area contributed by atoms with Crippen molar-refractivity contribution in [3.63, 3.8) is 0 Å². The van der Waals surface area contributed by atoms with Gasteiger partial charge in [0.15, 0.2) is 0 Å². The molecule has 1 aliphatic carbocycles. The molecule has 1 saturated heterocycles. The van der Waals surface area contributed by atoms with Gasteiger partial charge in [-0.2, -0.15) is 4.31 Å². The molecule has 1 N–H and O–H groups in total. The zero-order valence-corrected chi connectivity index (χ0v) is 17.5. The summed E-state index contributed by atoms with van der Waals surface area (Å²) in [6.07, 6.45) is 8.85. The highest BCUT2D eigenvalue weighted by Crippen LogP contribution is 2.29. The normalized spacial score (nSPS) is 22.0. The number of piperidine rings is 1. The summed E-state index contributed by atoms with van der Waals surface area (Å²) < 4.78 is 39.9. The van der Waals surface area contributed by atoms with E-state index in [9.17, 15) is 17.6 Å². The highest BCUT2D eigenvalue weighted by Gasteiger charge is 2.34. The number of amides is 1. The predicted octanol–water partition coefficient (Wildman–Crippen LogP) is 3.35. The van der Waals surface area contributed by atoms with Crippen molar-refractivity contribution in [3.8, 4) is 0 Å². The van der Waals surface area contributed by atoms with Gasteiger partial charge in [-0.25, -0.2) is 12.8 Å². The number of rotatable bonds is 5. The average Bonchev–Trinajstić information content (AvgIpc) is 2.67. The second kappa shape index (κ2) is 8.78. The van der Waals surface area contributed by atoms with Crippen molar-refractivity contribution in [1.29, 1.82) is 0 Å². The summed E-state index contributed by atoms with van der Waals surface area (Å²) >= 11 is 0. The summed E-state index contributed by atoms with van der Waals surface area (Å²) in [6.45, 7) is 0.344. The molecule has 1 aromatic rings. The van der Waals surface area contributed by atoms with E-state index in [0.717, 1.165) is 31.9 Å². The zero-order valence-electron chi connectivity index (χ0n) is 16.7. The van der Waals surface area contributed by atoms with Crippen LogP contribution in [0.2, 0.25) is 0 Å². The van der Waals surface area contributed by atoms with E-state index in [-0.39, 0.29) is 5.82 Å². The Morgan fingerprint density at radius 2 is 1.82 bits per heavy atom. The van der Waals surface area contributed by atoms with Crippen molar-refractivity contribution < 1.29 is 17.6 Å². The van der Waals surface area contributed by atoms with Crippen LogP contribution in [0.1, 0.15) is 51.4 Å². The lowest BCUT2D eigenvalue weighted by molar-refractivity contribution is -0.120. The lowest BCUT2D eigenvalue weighted by Crippen LogP contribution is -2.49. The van der Waals surface area contributed by atoms with E-state index in [1.807, 2.05) is 11.9 Å². The van der Waals surface area contributed by atoms with Crippen LogP contribution in [0, 0.1) is 5.82 Å². The first-order valence-electron chi connectivity index (χ1n) is 10.1. The van der Waals surface area contributed by atoms with Gasteiger partial charge >= 0.3 is 0 Å². The van der Waals surface area contributed by atoms with Gasteiger partial charge in [-0.05, 0) is 43.9 Å². The maximum atomic E-state index is 14.7. The number of nitrogens with one attached hydrogen (secondary N) is 1. The quantitative estimate of drug-likeness (QED) is 0.807. The molecule has 28 heavy (non-hydrogen) atoms. The van der Waals surface area contributed by atoms with Gasteiger partial charge in [0.25, 0.3) is 0 Å². The van der Waals surface area contributed by atoms with E-state index in [2.05, 4.69) is 5.32 Å². The molecule has 3 rings (SSSR count). The summed E-state index contributed by atoms with van der Waals surface area (Å²) in [4.78, 5) is 14.6. The second-order valence-corrected chi connectivity index (χ2v) is 9.88. The third kappa shape index (κ3) is 4.84. The molecule has 1 aromatic carbocycles. The number of anilines is 2. The number of halogens is 1. The van der Waals surface area contributed by atoms with Gasteiger partial charge in [0.1, 0.15) is 11.9 Å². The Bertz CT molecular complexity index is 809. The van der Waals surface area contributed by atoms with E-state index >= 15 is 0 Å². The fourth-order valence-corrected chi connectivity index (χ4v) is 5.45. The fourth-order valence-electron chi connectivity index (χ4n) is 4.33. The molecule has 0 spiro atoms. The van der Waals surface area contributed by atoms with Crippen LogP contribution in [0.3, 0.4) is 0 Å². The Hall–Kier alpha value is -1.67. The predicted molar refractivity (Wildman–Crippen MR) is 109 cm³/mol. The molecule has 1 aliphatic heterocycles. The van der Waals surface area contributed by atoms with Crippen LogP contribution in [0.4, 0.5) is 15.8 Å². The van der Waals surface area contributed by atoms with Crippen molar-refractivity contribution in [2.75, 3.05) is 30.1 Å². The van der Waals surface area contributed by atoms with Crippen LogP contribution < -0.4 is 10.2 Å². The number of carbonyl (C=O) groups excluding carboxylic acids is 1. The molecule has 1 heterocycles. The molecule has 1 atom stereocenters. The summed E-state index contributed by atoms with van der Waals surface area (Å²) in [7, 11) is -1.54. The second-order valence-electron chi connectivity index (χ2n) is 7.94. The SMILES string of the molecule is CN(c1ccc(NC(=O)C2CCCCN2S(C)(=O)=O)cc1F)C1CCCCC1. The van der Waals surface area contributed by atoms with Crippen LogP contribution >= 0.6 is 0 Å². The smallest absolute Gasteiger partial charge is 0.242 e. The zero-order chi connectivity index (χ0) is 20.3. The molecule has 1 unspecified atom stereocenters. The first-order chi connectivity index (χ1) is 13.3. The standard InChI is InChI=1S/C20H30FN3O3S/c1-23(16-8-4-3-5-9-16)18-12-11-15(14-17(18)21)22-20(25)19-10-6-7-13-24(19)28(2,26)27/h11-12,14,16,19H,3-10,13H2,1-2H3,(H,22,25). The maximum absolute atomic E-state index is 14.7. The van der Waals surface area contributed by atoms with Crippen LogP contribution in [0.25, 0.3) is 0 Å². The number of benzene rings is 1. The molecule has 6 nitrogen and oxygen atoms in total. The van der Waals surface area contributed by atoms with Crippen LogP contribution in [0.5, 0.6) is 0 Å². The van der Waals surface area contributed by atoms with Crippen molar-refractivity contribution in [1.82, 2.24) is 4.31 Å². The molecule has 0 bridgehead atoms. The van der Waals surface area contributed by atoms with Gasteiger partial charge in [-0.3, -0.25) is 4.79 Å². The Morgan fingerprint density at radius 3 is 2.46 bits per heavy atom. The van der Waals surface area contributed by atoms with Crippen molar-refractivity contribution in [3.05, 3.63) is 24.0 Å². The lowest BCUT2D eigenvalue weighted by atomic mass is 9.94. The highest BCUT2D eigenvalue weighted by molar-refractivity contribution is 7.88. The van der Waals surface area contributed by atoms with E-state index in [4.69, 9.17) is 0 Å². The third-order valence-corrected chi connectivity index (χ3v) is 7.19. The third-order valence-electron chi connectivity index (χ3n) is 5.90. The molecule has 8 heteroatoms. The molecule has 2 aliphatic rings. The van der Waals surface area contributed by atoms with Crippen LogP contribution in [0.15, 0.2) is 18.2 Å². The Morgan fingerprint density at radius 1 is 1.14 bits per heavy atom. The van der Waals surface area contributed by atoms with Crippen molar-refractivity contribution >= 4 is 27.3 Å². The Kier molecular flexibility index (Phi) is 6.60. The summed E-state index contributed by atoms with van der Waals surface area (Å²) in [5.74, 6) is -0.785. The van der Waals surface area contributed by atoms with Gasteiger partial charge in [0, 0.05) is 25.3 Å². The first kappa shape index (κ1) is 21.0. The number of sulfonamides is 1. The minimum absolute atomic E-state index is 0.342. The van der Waals surface area contributed by atoms with E-state index < -0.39 is 22.0 Å². The Labute approximate surface area is 167 Å². The average molecular weight is 412 g/mol. The van der Waals surface area contributed by atoms with E-state index in [0.29, 0.717) is 30.4 Å². The molecule has 2 fully saturated rings. The molecular formula is C20H30FN3O3S. The molecule has 1 saturated carbocycles. The molecule has 156 valence electrons. The summed E-state index contributed by atoms with van der Waals surface area (Å²) in [5.41, 5.74) is 0.877. The topological polar surface area (TPSA) is 69.7 Å². The monoisotopic (exact) mass is 411 g/mol. The Balaban J connectivity index is 1.70.